The van der Waals surface area contributed by atoms with Gasteiger partial charge in [0.2, 0.25) is 0 Å². The number of carbonyl (C=O) groups excluding carboxylic acids is 1. The lowest BCUT2D eigenvalue weighted by molar-refractivity contribution is 0.0698. The summed E-state index contributed by atoms with van der Waals surface area (Å²) in [5, 5.41) is 12.9. The number of ether oxygens (including phenoxy) is 1. The van der Waals surface area contributed by atoms with E-state index in [2.05, 4.69) is 42.0 Å². The van der Waals surface area contributed by atoms with Gasteiger partial charge in [0.15, 0.2) is 0 Å². The molecule has 0 fully saturated rings. The number of hydrogen-bond donors (Lipinski definition) is 2. The molecule has 0 spiro atoms. The minimum atomic E-state index is -1.11. The summed E-state index contributed by atoms with van der Waals surface area (Å²) in [7, 11) is 0. The minimum absolute atomic E-state index is 0.00766. The number of rotatable bonds is 7. The zero-order chi connectivity index (χ0) is 20.0. The van der Waals surface area contributed by atoms with Crippen molar-refractivity contribution in [1.29, 1.82) is 0 Å². The van der Waals surface area contributed by atoms with Crippen LogP contribution in [-0.2, 0) is 5.41 Å². The molecule has 144 valence electrons. The molecule has 0 unspecified atom stereocenters. The van der Waals surface area contributed by atoms with E-state index in [9.17, 15) is 14.7 Å². The lowest BCUT2D eigenvalue weighted by Crippen LogP contribution is -2.16. The quantitative estimate of drug-likeness (QED) is 0.470. The topological polar surface area (TPSA) is 75.6 Å². The summed E-state index contributed by atoms with van der Waals surface area (Å²) in [4.78, 5) is 24.0. The highest BCUT2D eigenvalue weighted by atomic mass is 79.9. The van der Waals surface area contributed by atoms with Crippen LogP contribution in [0, 0.1) is 0 Å². The van der Waals surface area contributed by atoms with Crippen molar-refractivity contribution in [3.8, 4) is 5.75 Å². The lowest BCUT2D eigenvalue weighted by atomic mass is 9.86. The van der Waals surface area contributed by atoms with Gasteiger partial charge in [0.05, 0.1) is 17.9 Å². The molecule has 0 bridgehead atoms. The molecule has 1 amide bonds. The maximum atomic E-state index is 12.6. The Labute approximate surface area is 167 Å². The SMILES string of the molecule is CC(C)(C)c1ccc(C(=O)Nc2cc(OCCCBr)ccc2C(=O)O)cc1. The largest absolute Gasteiger partial charge is 0.493 e. The van der Waals surface area contributed by atoms with Crippen molar-refractivity contribution in [1.82, 2.24) is 0 Å². The van der Waals surface area contributed by atoms with Crippen molar-refractivity contribution in [3.63, 3.8) is 0 Å². The molecular formula is C21H24BrNO4. The van der Waals surface area contributed by atoms with E-state index < -0.39 is 5.97 Å². The number of amides is 1. The molecule has 0 saturated heterocycles. The molecule has 0 atom stereocenters. The van der Waals surface area contributed by atoms with Crippen LogP contribution in [0.25, 0.3) is 0 Å². The van der Waals surface area contributed by atoms with E-state index in [1.165, 1.54) is 6.07 Å². The number of halogens is 1. The molecule has 2 aromatic rings. The van der Waals surface area contributed by atoms with Crippen molar-refractivity contribution in [2.24, 2.45) is 0 Å². The summed E-state index contributed by atoms with van der Waals surface area (Å²) < 4.78 is 5.59. The summed E-state index contributed by atoms with van der Waals surface area (Å²) >= 11 is 3.33. The fourth-order valence-electron chi connectivity index (χ4n) is 2.46. The van der Waals surface area contributed by atoms with Crippen LogP contribution in [0.5, 0.6) is 5.75 Å². The van der Waals surface area contributed by atoms with Crippen LogP contribution in [0.2, 0.25) is 0 Å². The average molecular weight is 434 g/mol. The van der Waals surface area contributed by atoms with Gasteiger partial charge in [-0.3, -0.25) is 4.79 Å². The molecule has 5 nitrogen and oxygen atoms in total. The first kappa shape index (κ1) is 21.0. The molecule has 0 radical (unpaired) electrons. The van der Waals surface area contributed by atoms with E-state index in [1.54, 1.807) is 24.3 Å². The van der Waals surface area contributed by atoms with Gasteiger partial charge in [0, 0.05) is 17.0 Å². The third-order valence-corrected chi connectivity index (χ3v) is 4.59. The molecule has 0 saturated carbocycles. The molecule has 0 heterocycles. The first-order valence-electron chi connectivity index (χ1n) is 8.70. The summed E-state index contributed by atoms with van der Waals surface area (Å²) in [6.45, 7) is 6.80. The third kappa shape index (κ3) is 5.82. The van der Waals surface area contributed by atoms with Gasteiger partial charge in [-0.15, -0.1) is 0 Å². The van der Waals surface area contributed by atoms with E-state index in [4.69, 9.17) is 4.74 Å². The van der Waals surface area contributed by atoms with Crippen LogP contribution < -0.4 is 10.1 Å². The molecular weight excluding hydrogens is 410 g/mol. The van der Waals surface area contributed by atoms with Crippen molar-refractivity contribution < 1.29 is 19.4 Å². The Bertz CT molecular complexity index is 810. The normalized spacial score (nSPS) is 11.1. The number of carboxylic acids is 1. The Hall–Kier alpha value is -2.34. The van der Waals surface area contributed by atoms with Crippen LogP contribution in [0.1, 0.15) is 53.5 Å². The van der Waals surface area contributed by atoms with Crippen LogP contribution >= 0.6 is 15.9 Å². The molecule has 2 N–H and O–H groups in total. The second kappa shape index (κ2) is 9.04. The van der Waals surface area contributed by atoms with Gasteiger partial charge in [-0.2, -0.15) is 0 Å². The number of aromatic carboxylic acids is 1. The summed E-state index contributed by atoms with van der Waals surface area (Å²) in [6.07, 6.45) is 0.822. The van der Waals surface area contributed by atoms with Gasteiger partial charge in [-0.25, -0.2) is 4.79 Å². The standard InChI is InChI=1S/C21H24BrNO4/c1-21(2,3)15-7-5-14(6-8-15)19(24)23-18-13-16(27-12-4-11-22)9-10-17(18)20(25)26/h5-10,13H,4,11-12H2,1-3H3,(H,23,24)(H,25,26). The molecule has 2 rings (SSSR count). The van der Waals surface area contributed by atoms with Gasteiger partial charge in [0.1, 0.15) is 5.75 Å². The zero-order valence-corrected chi connectivity index (χ0v) is 17.3. The highest BCUT2D eigenvalue weighted by molar-refractivity contribution is 9.09. The zero-order valence-electron chi connectivity index (χ0n) is 15.7. The Morgan fingerprint density at radius 2 is 1.78 bits per heavy atom. The number of alkyl halides is 1. The van der Waals surface area contributed by atoms with Crippen molar-refractivity contribution in [2.75, 3.05) is 17.3 Å². The number of carboxylic acid groups (broad SMARTS) is 1. The van der Waals surface area contributed by atoms with Crippen LogP contribution in [-0.4, -0.2) is 28.9 Å². The smallest absolute Gasteiger partial charge is 0.337 e. The predicted octanol–water partition coefficient (Wildman–Crippen LogP) is 5.10. The van der Waals surface area contributed by atoms with E-state index in [-0.39, 0.29) is 22.6 Å². The Morgan fingerprint density at radius 1 is 1.11 bits per heavy atom. The van der Waals surface area contributed by atoms with Crippen LogP contribution in [0.3, 0.4) is 0 Å². The second-order valence-electron chi connectivity index (χ2n) is 7.19. The highest BCUT2D eigenvalue weighted by Gasteiger charge is 2.17. The lowest BCUT2D eigenvalue weighted by Gasteiger charge is -2.19. The summed E-state index contributed by atoms with van der Waals surface area (Å²) in [6, 6.07) is 11.9. The fourth-order valence-corrected chi connectivity index (χ4v) is 2.69. The Balaban J connectivity index is 2.22. The van der Waals surface area contributed by atoms with Gasteiger partial charge in [-0.1, -0.05) is 48.8 Å². The Morgan fingerprint density at radius 3 is 2.33 bits per heavy atom. The van der Waals surface area contributed by atoms with E-state index >= 15 is 0 Å². The van der Waals surface area contributed by atoms with Crippen LogP contribution in [0.4, 0.5) is 5.69 Å². The minimum Gasteiger partial charge on any atom is -0.493 e. The number of carbonyl (C=O) groups is 2. The highest BCUT2D eigenvalue weighted by Crippen LogP contribution is 2.25. The van der Waals surface area contributed by atoms with Crippen molar-refractivity contribution >= 4 is 33.5 Å². The number of benzene rings is 2. The molecule has 6 heteroatoms. The fraction of sp³-hybridized carbons (Fsp3) is 0.333. The van der Waals surface area contributed by atoms with Gasteiger partial charge in [-0.05, 0) is 41.7 Å². The number of hydrogen-bond acceptors (Lipinski definition) is 3. The van der Waals surface area contributed by atoms with Crippen LogP contribution in [0.15, 0.2) is 42.5 Å². The first-order chi connectivity index (χ1) is 12.7. The summed E-state index contributed by atoms with van der Waals surface area (Å²) in [5.41, 5.74) is 1.80. The third-order valence-electron chi connectivity index (χ3n) is 4.03. The number of nitrogens with one attached hydrogen (secondary N) is 1. The monoisotopic (exact) mass is 433 g/mol. The number of anilines is 1. The van der Waals surface area contributed by atoms with E-state index in [0.717, 1.165) is 17.3 Å². The van der Waals surface area contributed by atoms with E-state index in [1.807, 2.05) is 12.1 Å². The van der Waals surface area contributed by atoms with Crippen molar-refractivity contribution in [3.05, 3.63) is 59.2 Å². The molecule has 0 aliphatic heterocycles. The molecule has 0 aliphatic carbocycles. The predicted molar refractivity (Wildman–Crippen MR) is 110 cm³/mol. The summed E-state index contributed by atoms with van der Waals surface area (Å²) in [5.74, 6) is -0.963. The molecule has 0 aromatic heterocycles. The molecule has 0 aliphatic rings. The molecule has 2 aromatic carbocycles. The maximum absolute atomic E-state index is 12.6. The molecule has 27 heavy (non-hydrogen) atoms. The first-order valence-corrected chi connectivity index (χ1v) is 9.82. The Kier molecular flexibility index (Phi) is 7.02. The van der Waals surface area contributed by atoms with E-state index in [0.29, 0.717) is 17.9 Å². The van der Waals surface area contributed by atoms with Gasteiger partial charge in [0.25, 0.3) is 5.91 Å². The maximum Gasteiger partial charge on any atom is 0.337 e. The van der Waals surface area contributed by atoms with Crippen molar-refractivity contribution in [2.45, 2.75) is 32.6 Å². The van der Waals surface area contributed by atoms with Gasteiger partial charge >= 0.3 is 5.97 Å². The second-order valence-corrected chi connectivity index (χ2v) is 7.98. The average Bonchev–Trinajstić information content (AvgIpc) is 2.61. The van der Waals surface area contributed by atoms with Gasteiger partial charge < -0.3 is 15.2 Å².